The van der Waals surface area contributed by atoms with E-state index in [0.29, 0.717) is 11.7 Å². The lowest BCUT2D eigenvalue weighted by atomic mass is 10.6. The van der Waals surface area contributed by atoms with Crippen LogP contribution in [0.2, 0.25) is 0 Å². The minimum atomic E-state index is -3.61. The van der Waals surface area contributed by atoms with Crippen LogP contribution in [0.15, 0.2) is 23.5 Å². The first-order chi connectivity index (χ1) is 9.01. The molecule has 2 N–H and O–H groups in total. The summed E-state index contributed by atoms with van der Waals surface area (Å²) in [6.07, 6.45) is 4.46. The van der Waals surface area contributed by atoms with E-state index in [0.717, 1.165) is 11.4 Å². The van der Waals surface area contributed by atoms with Crippen molar-refractivity contribution in [2.24, 2.45) is 0 Å². The number of likely N-dealkylation sites (N-methyl/N-ethyl adjacent to an activating group) is 1. The minimum Gasteiger partial charge on any atom is -0.318 e. The van der Waals surface area contributed by atoms with Crippen LogP contribution >= 0.6 is 11.3 Å². The summed E-state index contributed by atoms with van der Waals surface area (Å²) >= 11 is 1.29. The number of sulfonamides is 1. The highest BCUT2D eigenvalue weighted by Gasteiger charge is 2.18. The maximum Gasteiger partial charge on any atom is 0.266 e. The first-order valence-electron chi connectivity index (χ1n) is 5.63. The molecule has 0 spiro atoms. The molecule has 0 aliphatic carbocycles. The maximum atomic E-state index is 12.1. The lowest BCUT2D eigenvalue weighted by molar-refractivity contribution is 0.582. The summed E-state index contributed by atoms with van der Waals surface area (Å²) in [6, 6.07) is 0. The summed E-state index contributed by atoms with van der Waals surface area (Å²) in [6.45, 7) is 3.20. The van der Waals surface area contributed by atoms with Gasteiger partial charge < -0.3 is 5.32 Å². The van der Waals surface area contributed by atoms with Crippen LogP contribution in [-0.2, 0) is 16.6 Å². The summed E-state index contributed by atoms with van der Waals surface area (Å²) in [7, 11) is -1.78. The Balaban J connectivity index is 2.13. The van der Waals surface area contributed by atoms with E-state index in [4.69, 9.17) is 0 Å². The smallest absolute Gasteiger partial charge is 0.266 e. The highest BCUT2D eigenvalue weighted by Crippen LogP contribution is 2.20. The van der Waals surface area contributed by atoms with Crippen molar-refractivity contribution in [2.45, 2.75) is 18.4 Å². The monoisotopic (exact) mass is 301 g/mol. The SMILES string of the molecule is CNCCn1cc(S(=O)(=O)Nc2ncc(C)s2)cn1. The van der Waals surface area contributed by atoms with Crippen molar-refractivity contribution in [3.63, 3.8) is 0 Å². The Morgan fingerprint density at radius 1 is 1.42 bits per heavy atom. The van der Waals surface area contributed by atoms with Crippen LogP contribution in [0.25, 0.3) is 0 Å². The fourth-order valence-electron chi connectivity index (χ4n) is 1.41. The summed E-state index contributed by atoms with van der Waals surface area (Å²) in [5.74, 6) is 0. The van der Waals surface area contributed by atoms with Crippen molar-refractivity contribution in [3.8, 4) is 0 Å². The molecule has 0 saturated heterocycles. The highest BCUT2D eigenvalue weighted by atomic mass is 32.2. The van der Waals surface area contributed by atoms with Crippen LogP contribution in [-0.4, -0.2) is 36.8 Å². The average molecular weight is 301 g/mol. The summed E-state index contributed by atoms with van der Waals surface area (Å²) < 4.78 is 28.2. The van der Waals surface area contributed by atoms with Crippen LogP contribution in [0.4, 0.5) is 5.13 Å². The van der Waals surface area contributed by atoms with Crippen LogP contribution in [0.5, 0.6) is 0 Å². The highest BCUT2D eigenvalue weighted by molar-refractivity contribution is 7.93. The average Bonchev–Trinajstić information content (AvgIpc) is 2.95. The van der Waals surface area contributed by atoms with Gasteiger partial charge in [-0.25, -0.2) is 13.4 Å². The third kappa shape index (κ3) is 3.52. The Morgan fingerprint density at radius 3 is 2.84 bits per heavy atom. The molecule has 9 heteroatoms. The first kappa shape index (κ1) is 14.0. The molecule has 0 aliphatic heterocycles. The van der Waals surface area contributed by atoms with E-state index in [9.17, 15) is 8.42 Å². The second-order valence-corrected chi connectivity index (χ2v) is 6.84. The molecule has 0 aliphatic rings. The van der Waals surface area contributed by atoms with Crippen molar-refractivity contribution in [2.75, 3.05) is 18.3 Å². The van der Waals surface area contributed by atoms with Crippen molar-refractivity contribution in [1.82, 2.24) is 20.1 Å². The van der Waals surface area contributed by atoms with E-state index in [1.807, 2.05) is 14.0 Å². The van der Waals surface area contributed by atoms with E-state index in [1.165, 1.54) is 23.7 Å². The van der Waals surface area contributed by atoms with Gasteiger partial charge in [0.1, 0.15) is 4.90 Å². The van der Waals surface area contributed by atoms with E-state index in [2.05, 4.69) is 20.1 Å². The van der Waals surface area contributed by atoms with Crippen molar-refractivity contribution in [3.05, 3.63) is 23.5 Å². The van der Waals surface area contributed by atoms with Crippen LogP contribution < -0.4 is 10.0 Å². The summed E-state index contributed by atoms with van der Waals surface area (Å²) in [5.41, 5.74) is 0. The quantitative estimate of drug-likeness (QED) is 0.818. The zero-order valence-corrected chi connectivity index (χ0v) is 12.3. The molecule has 19 heavy (non-hydrogen) atoms. The molecule has 0 aromatic carbocycles. The molecule has 7 nitrogen and oxygen atoms in total. The van der Waals surface area contributed by atoms with Gasteiger partial charge in [-0.3, -0.25) is 9.40 Å². The van der Waals surface area contributed by atoms with Gasteiger partial charge in [-0.1, -0.05) is 0 Å². The largest absolute Gasteiger partial charge is 0.318 e. The van der Waals surface area contributed by atoms with Crippen LogP contribution in [0, 0.1) is 6.92 Å². The second-order valence-electron chi connectivity index (χ2n) is 3.92. The molecule has 0 unspecified atom stereocenters. The number of aromatic nitrogens is 3. The number of nitrogens with zero attached hydrogens (tertiary/aromatic N) is 3. The number of hydrogen-bond donors (Lipinski definition) is 2. The van der Waals surface area contributed by atoms with Crippen LogP contribution in [0.3, 0.4) is 0 Å². The third-order valence-corrected chi connectivity index (χ3v) is 4.60. The lowest BCUT2D eigenvalue weighted by Crippen LogP contribution is -2.15. The maximum absolute atomic E-state index is 12.1. The molecular weight excluding hydrogens is 286 g/mol. The standard InChI is InChI=1S/C10H15N5O2S2/c1-8-5-12-10(18-8)14-19(16,17)9-6-13-15(7-9)4-3-11-2/h5-7,11H,3-4H2,1-2H3,(H,12,14). The van der Waals surface area contributed by atoms with Crippen molar-refractivity contribution < 1.29 is 8.42 Å². The number of rotatable bonds is 6. The van der Waals surface area contributed by atoms with Gasteiger partial charge in [-0.15, -0.1) is 11.3 Å². The normalized spacial score (nSPS) is 11.7. The predicted molar refractivity (Wildman–Crippen MR) is 73.8 cm³/mol. The predicted octanol–water partition coefficient (Wildman–Crippen LogP) is 0.668. The minimum absolute atomic E-state index is 0.136. The molecule has 0 amide bonds. The third-order valence-electron chi connectivity index (χ3n) is 2.35. The molecule has 104 valence electrons. The Hall–Kier alpha value is -1.45. The van der Waals surface area contributed by atoms with Gasteiger partial charge in [0.15, 0.2) is 5.13 Å². The molecule has 0 atom stereocenters. The molecule has 0 radical (unpaired) electrons. The van der Waals surface area contributed by atoms with Gasteiger partial charge in [-0.05, 0) is 14.0 Å². The lowest BCUT2D eigenvalue weighted by Gasteiger charge is -2.02. The van der Waals surface area contributed by atoms with Crippen LogP contribution in [0.1, 0.15) is 4.88 Å². The van der Waals surface area contributed by atoms with E-state index < -0.39 is 10.0 Å². The van der Waals surface area contributed by atoms with Gasteiger partial charge in [0.05, 0.1) is 12.7 Å². The molecule has 2 aromatic rings. The molecule has 2 heterocycles. The van der Waals surface area contributed by atoms with Gasteiger partial charge in [0.25, 0.3) is 10.0 Å². The molecule has 2 aromatic heterocycles. The fourth-order valence-corrected chi connectivity index (χ4v) is 3.27. The Bertz CT molecular complexity index is 646. The fraction of sp³-hybridized carbons (Fsp3) is 0.400. The van der Waals surface area contributed by atoms with Gasteiger partial charge in [-0.2, -0.15) is 5.10 Å². The topological polar surface area (TPSA) is 88.9 Å². The first-order valence-corrected chi connectivity index (χ1v) is 7.93. The summed E-state index contributed by atoms with van der Waals surface area (Å²) in [4.78, 5) is 5.06. The molecule has 2 rings (SSSR count). The Labute approximate surface area is 115 Å². The number of thiazole rings is 1. The van der Waals surface area contributed by atoms with Gasteiger partial charge in [0, 0.05) is 23.8 Å². The zero-order valence-electron chi connectivity index (χ0n) is 10.6. The van der Waals surface area contributed by atoms with Crippen molar-refractivity contribution >= 4 is 26.5 Å². The number of hydrogen-bond acceptors (Lipinski definition) is 6. The van der Waals surface area contributed by atoms with E-state index in [-0.39, 0.29) is 4.90 Å². The van der Waals surface area contributed by atoms with Gasteiger partial charge in [0.2, 0.25) is 0 Å². The van der Waals surface area contributed by atoms with E-state index >= 15 is 0 Å². The molecule has 0 fully saturated rings. The summed E-state index contributed by atoms with van der Waals surface area (Å²) in [5, 5.41) is 7.34. The molecular formula is C10H15N5O2S2. The van der Waals surface area contributed by atoms with E-state index in [1.54, 1.807) is 10.9 Å². The zero-order chi connectivity index (χ0) is 13.9. The second kappa shape index (κ2) is 5.68. The number of nitrogens with one attached hydrogen (secondary N) is 2. The number of aryl methyl sites for hydroxylation is 1. The molecule has 0 saturated carbocycles. The number of anilines is 1. The Kier molecular flexibility index (Phi) is 4.17. The Morgan fingerprint density at radius 2 is 2.21 bits per heavy atom. The molecule has 0 bridgehead atoms. The van der Waals surface area contributed by atoms with Gasteiger partial charge >= 0.3 is 0 Å². The van der Waals surface area contributed by atoms with Crippen molar-refractivity contribution in [1.29, 1.82) is 0 Å².